The molecule has 1 aliphatic carbocycles. The first kappa shape index (κ1) is 26.4. The van der Waals surface area contributed by atoms with E-state index in [9.17, 15) is 9.59 Å². The Bertz CT molecular complexity index is 2190. The van der Waals surface area contributed by atoms with Crippen molar-refractivity contribution >= 4 is 61.3 Å². The Morgan fingerprint density at radius 1 is 0.455 bits per heavy atom. The molecule has 0 atom stereocenters. The van der Waals surface area contributed by atoms with Crippen LogP contribution in [0.2, 0.25) is 0 Å². The van der Waals surface area contributed by atoms with Gasteiger partial charge in [0.25, 0.3) is 0 Å². The van der Waals surface area contributed by atoms with Gasteiger partial charge in [-0.25, -0.2) is 0 Å². The summed E-state index contributed by atoms with van der Waals surface area (Å²) in [5, 5.41) is 5.01. The van der Waals surface area contributed by atoms with Crippen molar-refractivity contribution in [3.63, 3.8) is 0 Å². The van der Waals surface area contributed by atoms with Crippen molar-refractivity contribution in [2.75, 3.05) is 0 Å². The molecule has 2 aromatic heterocycles. The maximum Gasteiger partial charge on any atom is 0.197 e. The number of allylic oxidation sites excluding steroid dienone is 1. The number of unbranched alkanes of at least 4 members (excludes halogenated alkanes) is 3. The highest BCUT2D eigenvalue weighted by atomic mass is 16.2. The van der Waals surface area contributed by atoms with Gasteiger partial charge in [-0.1, -0.05) is 97.8 Å². The Labute approximate surface area is 255 Å². The number of hydrogen-bond donors (Lipinski definition) is 0. The molecule has 0 radical (unpaired) electrons. The Morgan fingerprint density at radius 3 is 1.41 bits per heavy atom. The van der Waals surface area contributed by atoms with E-state index in [0.29, 0.717) is 11.1 Å². The van der Waals surface area contributed by atoms with E-state index in [2.05, 4.69) is 94.1 Å². The van der Waals surface area contributed by atoms with Crippen LogP contribution in [0.4, 0.5) is 0 Å². The number of nitrogens with zero attached hydrogens (tertiary/aromatic N) is 2. The van der Waals surface area contributed by atoms with Gasteiger partial charge in [-0.15, -0.1) is 0 Å². The van der Waals surface area contributed by atoms with Gasteiger partial charge in [0, 0.05) is 67.8 Å². The zero-order valence-electron chi connectivity index (χ0n) is 24.5. The number of Topliss-reactive ketones (excluding diaryl/α,β-unsaturated/α-hetero) is 2. The lowest BCUT2D eigenvalue weighted by Crippen LogP contribution is -2.00. The summed E-state index contributed by atoms with van der Waals surface area (Å²) in [7, 11) is 0. The molecule has 2 heterocycles. The quantitative estimate of drug-likeness (QED) is 0.103. The number of benzene rings is 5. The van der Waals surface area contributed by atoms with Gasteiger partial charge in [0.05, 0.1) is 5.57 Å². The Hall–Kier alpha value is -5.22. The van der Waals surface area contributed by atoms with Gasteiger partial charge in [0.1, 0.15) is 0 Å². The summed E-state index contributed by atoms with van der Waals surface area (Å²) in [5.74, 6) is -0.377. The van der Waals surface area contributed by atoms with Crippen molar-refractivity contribution in [3.8, 4) is 0 Å². The van der Waals surface area contributed by atoms with E-state index < -0.39 is 0 Å². The molecule has 4 nitrogen and oxygen atoms in total. The third kappa shape index (κ3) is 4.29. The monoisotopic (exact) mass is 572 g/mol. The number of ketones is 2. The number of aromatic nitrogens is 2. The summed E-state index contributed by atoms with van der Waals surface area (Å²) in [6, 6.07) is 39.4. The van der Waals surface area contributed by atoms with Crippen LogP contribution in [0, 0.1) is 0 Å². The van der Waals surface area contributed by atoms with Crippen LogP contribution in [0.1, 0.15) is 52.0 Å². The van der Waals surface area contributed by atoms with Gasteiger partial charge in [-0.05, 0) is 54.8 Å². The molecule has 4 heteroatoms. The van der Waals surface area contributed by atoms with Gasteiger partial charge in [0.15, 0.2) is 11.6 Å². The molecule has 0 N–H and O–H groups in total. The highest BCUT2D eigenvalue weighted by Crippen LogP contribution is 2.33. The molecule has 0 saturated heterocycles. The third-order valence-corrected chi connectivity index (χ3v) is 9.21. The predicted octanol–water partition coefficient (Wildman–Crippen LogP) is 9.63. The molecule has 0 saturated carbocycles. The number of carbonyl (C=O) groups excluding carboxylic acids is 2. The van der Waals surface area contributed by atoms with Gasteiger partial charge in [-0.2, -0.15) is 0 Å². The molecular weight excluding hydrogens is 540 g/mol. The molecule has 44 heavy (non-hydrogen) atoms. The maximum absolute atomic E-state index is 13.0. The molecule has 0 bridgehead atoms. The van der Waals surface area contributed by atoms with E-state index >= 15 is 0 Å². The van der Waals surface area contributed by atoms with E-state index in [1.165, 1.54) is 51.1 Å². The molecule has 0 fully saturated rings. The molecule has 0 amide bonds. The van der Waals surface area contributed by atoms with Crippen molar-refractivity contribution in [1.82, 2.24) is 9.13 Å². The van der Waals surface area contributed by atoms with E-state index in [1.54, 1.807) is 30.3 Å². The second-order valence-corrected chi connectivity index (χ2v) is 11.8. The lowest BCUT2D eigenvalue weighted by atomic mass is 10.0. The molecule has 7 aromatic rings. The van der Waals surface area contributed by atoms with E-state index in [0.717, 1.165) is 36.9 Å². The summed E-state index contributed by atoms with van der Waals surface area (Å²) in [6.07, 6.45) is 6.36. The normalized spacial score (nSPS) is 13.1. The molecule has 214 valence electrons. The first-order chi connectivity index (χ1) is 21.7. The van der Waals surface area contributed by atoms with Gasteiger partial charge in [-0.3, -0.25) is 9.59 Å². The van der Waals surface area contributed by atoms with Crippen LogP contribution in [-0.4, -0.2) is 20.7 Å². The minimum atomic E-state index is -0.189. The smallest absolute Gasteiger partial charge is 0.197 e. The summed E-state index contributed by atoms with van der Waals surface area (Å²) in [6.45, 7) is 1.98. The van der Waals surface area contributed by atoms with E-state index in [-0.39, 0.29) is 17.1 Å². The highest BCUT2D eigenvalue weighted by molar-refractivity contribution is 6.41. The predicted molar refractivity (Wildman–Crippen MR) is 180 cm³/mol. The van der Waals surface area contributed by atoms with Crippen LogP contribution in [0.25, 0.3) is 49.7 Å². The van der Waals surface area contributed by atoms with E-state index in [4.69, 9.17) is 0 Å². The van der Waals surface area contributed by atoms with Gasteiger partial charge in [0.2, 0.25) is 0 Å². The fraction of sp³-hybridized carbons (Fsp3) is 0.150. The summed E-state index contributed by atoms with van der Waals surface area (Å²) >= 11 is 0. The Balaban J connectivity index is 0.992. The molecule has 0 spiro atoms. The van der Waals surface area contributed by atoms with Crippen molar-refractivity contribution in [3.05, 3.63) is 138 Å². The average molecular weight is 573 g/mol. The zero-order valence-corrected chi connectivity index (χ0v) is 24.5. The largest absolute Gasteiger partial charge is 0.340 e. The fourth-order valence-corrected chi connectivity index (χ4v) is 7.11. The molecule has 0 unspecified atom stereocenters. The van der Waals surface area contributed by atoms with Crippen LogP contribution < -0.4 is 0 Å². The molecule has 1 aliphatic rings. The first-order valence-electron chi connectivity index (χ1n) is 15.6. The van der Waals surface area contributed by atoms with Crippen LogP contribution in [0.5, 0.6) is 0 Å². The molecular formula is C40H32N2O2. The van der Waals surface area contributed by atoms with Crippen molar-refractivity contribution in [2.45, 2.75) is 38.8 Å². The SMILES string of the molecule is O=C1C(=Cc2ccc3c(c2)c2ccccc2n3CCCCCCn2c3ccccc3c3ccccc32)C(=O)c2ccccc21. The second-order valence-electron chi connectivity index (χ2n) is 11.8. The van der Waals surface area contributed by atoms with Crippen molar-refractivity contribution in [2.24, 2.45) is 0 Å². The number of aryl methyl sites for hydroxylation is 2. The lowest BCUT2D eigenvalue weighted by molar-refractivity contribution is 0.0990. The minimum absolute atomic E-state index is 0.189. The van der Waals surface area contributed by atoms with Gasteiger partial charge < -0.3 is 9.13 Å². The van der Waals surface area contributed by atoms with Crippen LogP contribution in [-0.2, 0) is 13.1 Å². The fourth-order valence-electron chi connectivity index (χ4n) is 7.11. The van der Waals surface area contributed by atoms with Gasteiger partial charge >= 0.3 is 0 Å². The standard InChI is InChI=1S/C40H32N2O2/c43-39-31-16-3-4-17-32(31)40(44)34(39)26-27-21-22-38-33(25-27)30-15-7-10-20-37(30)42(38)24-12-2-1-11-23-41-35-18-8-5-13-28(35)29-14-6-9-19-36(29)41/h3-10,13-22,25-26H,1-2,11-12,23-24H2. The second kappa shape index (κ2) is 10.8. The van der Waals surface area contributed by atoms with Crippen molar-refractivity contribution < 1.29 is 9.59 Å². The summed E-state index contributed by atoms with van der Waals surface area (Å²) in [5.41, 5.74) is 7.16. The lowest BCUT2D eigenvalue weighted by Gasteiger charge is -2.09. The van der Waals surface area contributed by atoms with Crippen LogP contribution in [0.3, 0.4) is 0 Å². The Kier molecular flexibility index (Phi) is 6.48. The summed E-state index contributed by atoms with van der Waals surface area (Å²) in [4.78, 5) is 25.9. The third-order valence-electron chi connectivity index (χ3n) is 9.21. The number of fused-ring (bicyclic) bond motifs is 7. The van der Waals surface area contributed by atoms with Crippen LogP contribution in [0.15, 0.2) is 121 Å². The molecule has 0 aliphatic heterocycles. The average Bonchev–Trinajstić information content (AvgIpc) is 3.65. The van der Waals surface area contributed by atoms with E-state index in [1.807, 2.05) is 6.07 Å². The minimum Gasteiger partial charge on any atom is -0.340 e. The molecule has 5 aromatic carbocycles. The maximum atomic E-state index is 13.0. The molecule has 8 rings (SSSR count). The topological polar surface area (TPSA) is 44.0 Å². The Morgan fingerprint density at radius 2 is 0.886 bits per heavy atom. The number of hydrogen-bond acceptors (Lipinski definition) is 2. The highest BCUT2D eigenvalue weighted by Gasteiger charge is 2.32. The zero-order chi connectivity index (χ0) is 29.6. The summed E-state index contributed by atoms with van der Waals surface area (Å²) < 4.78 is 4.91. The number of carbonyl (C=O) groups is 2. The number of rotatable bonds is 8. The van der Waals surface area contributed by atoms with Crippen LogP contribution >= 0.6 is 0 Å². The van der Waals surface area contributed by atoms with Crippen molar-refractivity contribution in [1.29, 1.82) is 0 Å². The number of para-hydroxylation sites is 3. The first-order valence-corrected chi connectivity index (χ1v) is 15.6.